The van der Waals surface area contributed by atoms with Crippen molar-refractivity contribution in [3.63, 3.8) is 0 Å². The maximum absolute atomic E-state index is 11.7. The number of carbonyl (C=O) groups is 1. The lowest BCUT2D eigenvalue weighted by atomic mass is 10.1. The largest absolute Gasteiger partial charge is 0.352 e. The minimum Gasteiger partial charge on any atom is -0.352 e. The first-order chi connectivity index (χ1) is 8.00. The summed E-state index contributed by atoms with van der Waals surface area (Å²) in [5, 5.41) is 13.3. The molecule has 0 aliphatic carbocycles. The van der Waals surface area contributed by atoms with Crippen LogP contribution < -0.4 is 5.32 Å². The molecule has 0 saturated carbocycles. The maximum atomic E-state index is 11.7. The molecule has 0 heterocycles. The first-order valence-electron chi connectivity index (χ1n) is 5.53. The fourth-order valence-electron chi connectivity index (χ4n) is 1.34. The molecule has 0 aliphatic rings. The van der Waals surface area contributed by atoms with E-state index in [4.69, 9.17) is 0 Å². The number of hydrogen-bond donors (Lipinski definition) is 1. The van der Waals surface area contributed by atoms with E-state index in [9.17, 15) is 14.9 Å². The van der Waals surface area contributed by atoms with Gasteiger partial charge in [-0.1, -0.05) is 19.9 Å². The minimum atomic E-state index is -0.509. The number of nitrogens with one attached hydrogen (secondary N) is 1. The van der Waals surface area contributed by atoms with Crippen LogP contribution in [-0.4, -0.2) is 17.4 Å². The number of amides is 1. The van der Waals surface area contributed by atoms with Crippen molar-refractivity contribution < 1.29 is 9.72 Å². The molecule has 0 saturated heterocycles. The lowest BCUT2D eigenvalue weighted by Crippen LogP contribution is -2.25. The molecular formula is C12H16N2O3. The van der Waals surface area contributed by atoms with Gasteiger partial charge in [-0.15, -0.1) is 0 Å². The average Bonchev–Trinajstić information content (AvgIpc) is 2.28. The minimum absolute atomic E-state index is 0.0680. The molecule has 1 rings (SSSR count). The normalized spacial score (nSPS) is 10.3. The zero-order valence-electron chi connectivity index (χ0n) is 9.97. The van der Waals surface area contributed by atoms with Gasteiger partial charge in [0.25, 0.3) is 11.6 Å². The van der Waals surface area contributed by atoms with Crippen molar-refractivity contribution in [2.75, 3.05) is 6.54 Å². The summed E-state index contributed by atoms with van der Waals surface area (Å²) in [6, 6.07) is 5.73. The van der Waals surface area contributed by atoms with Crippen molar-refractivity contribution in [1.29, 1.82) is 0 Å². The van der Waals surface area contributed by atoms with E-state index in [-0.39, 0.29) is 11.6 Å². The van der Waals surface area contributed by atoms with E-state index in [1.54, 1.807) is 6.07 Å². The van der Waals surface area contributed by atoms with E-state index in [1.165, 1.54) is 18.2 Å². The Morgan fingerprint density at radius 1 is 1.47 bits per heavy atom. The van der Waals surface area contributed by atoms with E-state index < -0.39 is 4.92 Å². The Balaban J connectivity index is 2.63. The van der Waals surface area contributed by atoms with Crippen molar-refractivity contribution >= 4 is 11.6 Å². The van der Waals surface area contributed by atoms with Crippen molar-refractivity contribution in [2.45, 2.75) is 20.3 Å². The Morgan fingerprint density at radius 2 is 2.18 bits per heavy atom. The first-order valence-corrected chi connectivity index (χ1v) is 5.53. The molecule has 17 heavy (non-hydrogen) atoms. The lowest BCUT2D eigenvalue weighted by Gasteiger charge is -2.06. The van der Waals surface area contributed by atoms with E-state index in [0.29, 0.717) is 18.0 Å². The molecule has 1 N–H and O–H groups in total. The fourth-order valence-corrected chi connectivity index (χ4v) is 1.34. The van der Waals surface area contributed by atoms with Crippen LogP contribution in [0.5, 0.6) is 0 Å². The van der Waals surface area contributed by atoms with Crippen LogP contribution in [0.3, 0.4) is 0 Å². The van der Waals surface area contributed by atoms with E-state index in [2.05, 4.69) is 19.2 Å². The second-order valence-electron chi connectivity index (χ2n) is 4.25. The lowest BCUT2D eigenvalue weighted by molar-refractivity contribution is -0.384. The zero-order valence-corrected chi connectivity index (χ0v) is 9.97. The third-order valence-electron chi connectivity index (χ3n) is 2.33. The molecule has 0 aromatic heterocycles. The van der Waals surface area contributed by atoms with E-state index in [0.717, 1.165) is 6.42 Å². The van der Waals surface area contributed by atoms with Gasteiger partial charge in [-0.25, -0.2) is 0 Å². The van der Waals surface area contributed by atoms with Crippen molar-refractivity contribution in [2.24, 2.45) is 5.92 Å². The Hall–Kier alpha value is -1.91. The van der Waals surface area contributed by atoms with E-state index in [1.807, 2.05) is 0 Å². The molecule has 0 aliphatic heterocycles. The molecule has 92 valence electrons. The predicted molar refractivity (Wildman–Crippen MR) is 64.9 cm³/mol. The SMILES string of the molecule is CC(C)CCNC(=O)c1cccc([N+](=O)[O-])c1. The Morgan fingerprint density at radius 3 is 2.76 bits per heavy atom. The van der Waals surface area contributed by atoms with E-state index >= 15 is 0 Å². The summed E-state index contributed by atoms with van der Waals surface area (Å²) in [5.74, 6) is 0.245. The molecule has 0 fully saturated rings. The number of nitro benzene ring substituents is 1. The van der Waals surface area contributed by atoms with Gasteiger partial charge in [0.15, 0.2) is 0 Å². The second-order valence-corrected chi connectivity index (χ2v) is 4.25. The van der Waals surface area contributed by atoms with Gasteiger partial charge in [-0.3, -0.25) is 14.9 Å². The summed E-state index contributed by atoms with van der Waals surface area (Å²) in [6.45, 7) is 4.72. The number of carbonyl (C=O) groups excluding carboxylic acids is 1. The third kappa shape index (κ3) is 4.22. The van der Waals surface area contributed by atoms with Gasteiger partial charge >= 0.3 is 0 Å². The van der Waals surface area contributed by atoms with Crippen LogP contribution in [0.1, 0.15) is 30.6 Å². The van der Waals surface area contributed by atoms with Crippen LogP contribution in [0, 0.1) is 16.0 Å². The molecule has 1 aromatic rings. The Bertz CT molecular complexity index is 416. The van der Waals surface area contributed by atoms with Crippen LogP contribution in [0.2, 0.25) is 0 Å². The highest BCUT2D eigenvalue weighted by atomic mass is 16.6. The van der Waals surface area contributed by atoms with Gasteiger partial charge in [0.2, 0.25) is 0 Å². The highest BCUT2D eigenvalue weighted by Gasteiger charge is 2.10. The molecule has 0 atom stereocenters. The maximum Gasteiger partial charge on any atom is 0.270 e. The number of benzene rings is 1. The summed E-state index contributed by atoms with van der Waals surface area (Å²) in [6.07, 6.45) is 0.890. The molecule has 1 amide bonds. The highest BCUT2D eigenvalue weighted by Crippen LogP contribution is 2.12. The van der Waals surface area contributed by atoms with Gasteiger partial charge in [-0.05, 0) is 18.4 Å². The van der Waals surface area contributed by atoms with Crippen LogP contribution in [0.25, 0.3) is 0 Å². The zero-order chi connectivity index (χ0) is 12.8. The summed E-state index contributed by atoms with van der Waals surface area (Å²) in [5.41, 5.74) is 0.254. The topological polar surface area (TPSA) is 72.2 Å². The Kier molecular flexibility index (Phi) is 4.63. The van der Waals surface area contributed by atoms with Crippen LogP contribution in [0.15, 0.2) is 24.3 Å². The number of rotatable bonds is 5. The number of nitrogens with zero attached hydrogens (tertiary/aromatic N) is 1. The number of non-ortho nitro benzene ring substituents is 1. The summed E-state index contributed by atoms with van der Waals surface area (Å²) < 4.78 is 0. The second kappa shape index (κ2) is 5.98. The molecule has 5 heteroatoms. The van der Waals surface area contributed by atoms with Gasteiger partial charge in [0.1, 0.15) is 0 Å². The Labute approximate surface area is 100.0 Å². The molecular weight excluding hydrogens is 220 g/mol. The smallest absolute Gasteiger partial charge is 0.270 e. The molecule has 1 aromatic carbocycles. The highest BCUT2D eigenvalue weighted by molar-refractivity contribution is 5.94. The van der Waals surface area contributed by atoms with Crippen LogP contribution >= 0.6 is 0 Å². The fraction of sp³-hybridized carbons (Fsp3) is 0.417. The van der Waals surface area contributed by atoms with Gasteiger partial charge in [0.05, 0.1) is 4.92 Å². The van der Waals surface area contributed by atoms with Gasteiger partial charge in [-0.2, -0.15) is 0 Å². The van der Waals surface area contributed by atoms with Crippen LogP contribution in [-0.2, 0) is 0 Å². The molecule has 0 bridgehead atoms. The predicted octanol–water partition coefficient (Wildman–Crippen LogP) is 2.37. The monoisotopic (exact) mass is 236 g/mol. The van der Waals surface area contributed by atoms with Crippen LogP contribution in [0.4, 0.5) is 5.69 Å². The molecule has 0 radical (unpaired) electrons. The van der Waals surface area contributed by atoms with Crippen molar-refractivity contribution in [3.05, 3.63) is 39.9 Å². The number of nitro groups is 1. The summed E-state index contributed by atoms with van der Waals surface area (Å²) >= 11 is 0. The quantitative estimate of drug-likeness (QED) is 0.630. The molecule has 5 nitrogen and oxygen atoms in total. The van der Waals surface area contributed by atoms with Crippen molar-refractivity contribution in [1.82, 2.24) is 5.32 Å². The standard InChI is InChI=1S/C12H16N2O3/c1-9(2)6-7-13-12(15)10-4-3-5-11(8-10)14(16)17/h3-5,8-9H,6-7H2,1-2H3,(H,13,15). The molecule has 0 unspecified atom stereocenters. The summed E-state index contributed by atoms with van der Waals surface area (Å²) in [4.78, 5) is 21.7. The van der Waals surface area contributed by atoms with Gasteiger partial charge < -0.3 is 5.32 Å². The summed E-state index contributed by atoms with van der Waals surface area (Å²) in [7, 11) is 0. The number of hydrogen-bond acceptors (Lipinski definition) is 3. The molecule has 0 spiro atoms. The third-order valence-corrected chi connectivity index (χ3v) is 2.33. The average molecular weight is 236 g/mol. The first kappa shape index (κ1) is 13.2. The van der Waals surface area contributed by atoms with Gasteiger partial charge in [0, 0.05) is 24.2 Å². The van der Waals surface area contributed by atoms with Crippen molar-refractivity contribution in [3.8, 4) is 0 Å².